The van der Waals surface area contributed by atoms with Crippen LogP contribution in [-0.2, 0) is 19.8 Å². The molecule has 0 radical (unpaired) electrons. The van der Waals surface area contributed by atoms with Gasteiger partial charge in [-0.15, -0.1) is 0 Å². The largest absolute Gasteiger partial charge is 0.416 e. The van der Waals surface area contributed by atoms with Gasteiger partial charge < -0.3 is 10.2 Å². The van der Waals surface area contributed by atoms with E-state index in [9.17, 15) is 13.2 Å². The zero-order valence-electron chi connectivity index (χ0n) is 16.0. The fourth-order valence-electron chi connectivity index (χ4n) is 2.72. The molecule has 9 heteroatoms. The van der Waals surface area contributed by atoms with Crippen molar-refractivity contribution in [3.8, 4) is 0 Å². The quantitative estimate of drug-likeness (QED) is 0.616. The summed E-state index contributed by atoms with van der Waals surface area (Å²) in [4.78, 5) is 10.3. The molecule has 1 aromatic carbocycles. The minimum Gasteiger partial charge on any atom is -0.356 e. The van der Waals surface area contributed by atoms with Crippen molar-refractivity contribution in [1.82, 2.24) is 25.0 Å². The number of alkyl halides is 3. The Morgan fingerprint density at radius 1 is 1.37 bits per heavy atom. The van der Waals surface area contributed by atoms with Crippen LogP contribution in [0.2, 0.25) is 0 Å². The zero-order valence-corrected chi connectivity index (χ0v) is 16.0. The van der Waals surface area contributed by atoms with Crippen LogP contribution in [-0.4, -0.2) is 46.3 Å². The smallest absolute Gasteiger partial charge is 0.356 e. The standard InChI is InChI=1S/C18H25F3N6/c1-13(14-6-5-7-15(10-14)18(19,20)21)8-9-23-17(22-2)26(3)11-16-24-12-25-27(16)4/h5-7,10,12-13H,8-9,11H2,1-4H3,(H,22,23). The molecule has 27 heavy (non-hydrogen) atoms. The molecule has 2 rings (SSSR count). The first-order chi connectivity index (χ1) is 12.7. The predicted octanol–water partition coefficient (Wildman–Crippen LogP) is 3.03. The van der Waals surface area contributed by atoms with E-state index >= 15 is 0 Å². The van der Waals surface area contributed by atoms with Crippen LogP contribution in [0.5, 0.6) is 0 Å². The highest BCUT2D eigenvalue weighted by Crippen LogP contribution is 2.31. The Bertz CT molecular complexity index is 768. The van der Waals surface area contributed by atoms with E-state index in [0.717, 1.165) is 11.9 Å². The second-order valence-corrected chi connectivity index (χ2v) is 6.44. The molecule has 0 fully saturated rings. The first-order valence-electron chi connectivity index (χ1n) is 8.64. The molecule has 1 heterocycles. The molecule has 148 valence electrons. The van der Waals surface area contributed by atoms with Gasteiger partial charge in [0.15, 0.2) is 5.96 Å². The van der Waals surface area contributed by atoms with Crippen molar-refractivity contribution in [2.75, 3.05) is 20.6 Å². The normalized spacial score (nSPS) is 13.5. The molecule has 0 aliphatic carbocycles. The summed E-state index contributed by atoms with van der Waals surface area (Å²) < 4.78 is 40.3. The summed E-state index contributed by atoms with van der Waals surface area (Å²) in [5.74, 6) is 1.48. The Hall–Kier alpha value is -2.58. The van der Waals surface area contributed by atoms with Crippen molar-refractivity contribution < 1.29 is 13.2 Å². The molecule has 1 atom stereocenters. The van der Waals surface area contributed by atoms with Crippen LogP contribution < -0.4 is 5.32 Å². The van der Waals surface area contributed by atoms with Gasteiger partial charge in [-0.05, 0) is 24.0 Å². The molecule has 0 bridgehead atoms. The Kier molecular flexibility index (Phi) is 6.81. The number of rotatable bonds is 6. The maximum Gasteiger partial charge on any atom is 0.416 e. The number of hydrogen-bond donors (Lipinski definition) is 1. The van der Waals surface area contributed by atoms with Crippen molar-refractivity contribution in [1.29, 1.82) is 0 Å². The highest BCUT2D eigenvalue weighted by molar-refractivity contribution is 5.79. The Labute approximate surface area is 157 Å². The Morgan fingerprint density at radius 3 is 2.70 bits per heavy atom. The highest BCUT2D eigenvalue weighted by atomic mass is 19.4. The van der Waals surface area contributed by atoms with Crippen LogP contribution in [0, 0.1) is 0 Å². The maximum atomic E-state index is 12.9. The maximum absolute atomic E-state index is 12.9. The minimum absolute atomic E-state index is 0.0121. The summed E-state index contributed by atoms with van der Waals surface area (Å²) >= 11 is 0. The first kappa shape index (κ1) is 20.7. The summed E-state index contributed by atoms with van der Waals surface area (Å²) in [6, 6.07) is 5.50. The van der Waals surface area contributed by atoms with E-state index in [1.807, 2.05) is 25.9 Å². The monoisotopic (exact) mass is 382 g/mol. The van der Waals surface area contributed by atoms with Crippen molar-refractivity contribution in [3.63, 3.8) is 0 Å². The van der Waals surface area contributed by atoms with Gasteiger partial charge in [-0.3, -0.25) is 9.67 Å². The molecule has 0 saturated heterocycles. The molecular weight excluding hydrogens is 357 g/mol. The van der Waals surface area contributed by atoms with Crippen molar-refractivity contribution in [2.45, 2.75) is 32.0 Å². The van der Waals surface area contributed by atoms with Crippen LogP contribution in [0.25, 0.3) is 0 Å². The number of halogens is 3. The molecule has 6 nitrogen and oxygen atoms in total. The molecule has 1 N–H and O–H groups in total. The topological polar surface area (TPSA) is 58.3 Å². The summed E-state index contributed by atoms with van der Waals surface area (Å²) in [6.07, 6.45) is -2.15. The lowest BCUT2D eigenvalue weighted by Gasteiger charge is -2.22. The number of guanidine groups is 1. The fraction of sp³-hybridized carbons (Fsp3) is 0.500. The average Bonchev–Trinajstić information content (AvgIpc) is 3.02. The van der Waals surface area contributed by atoms with E-state index in [1.165, 1.54) is 18.5 Å². The van der Waals surface area contributed by atoms with Gasteiger partial charge in [-0.1, -0.05) is 25.1 Å². The fourth-order valence-corrected chi connectivity index (χ4v) is 2.72. The number of benzene rings is 1. The SMILES string of the molecule is CN=C(NCCC(C)c1cccc(C(F)(F)F)c1)N(C)Cc1ncnn1C. The van der Waals surface area contributed by atoms with E-state index in [-0.39, 0.29) is 5.92 Å². The molecule has 0 spiro atoms. The number of aliphatic imine (C=N–C) groups is 1. The molecule has 1 aromatic heterocycles. The number of hydrogen-bond acceptors (Lipinski definition) is 3. The first-order valence-corrected chi connectivity index (χ1v) is 8.64. The van der Waals surface area contributed by atoms with Crippen molar-refractivity contribution in [2.24, 2.45) is 12.0 Å². The predicted molar refractivity (Wildman–Crippen MR) is 98.3 cm³/mol. The van der Waals surface area contributed by atoms with Crippen molar-refractivity contribution in [3.05, 3.63) is 47.5 Å². The van der Waals surface area contributed by atoms with Gasteiger partial charge in [0, 0.05) is 27.7 Å². The lowest BCUT2D eigenvalue weighted by molar-refractivity contribution is -0.137. The lowest BCUT2D eigenvalue weighted by atomic mass is 9.96. The van der Waals surface area contributed by atoms with E-state index in [0.29, 0.717) is 31.0 Å². The minimum atomic E-state index is -4.32. The van der Waals surface area contributed by atoms with Gasteiger partial charge in [0.2, 0.25) is 0 Å². The van der Waals surface area contributed by atoms with Crippen LogP contribution in [0.15, 0.2) is 35.6 Å². The molecule has 2 aromatic rings. The zero-order chi connectivity index (χ0) is 20.0. The third-order valence-electron chi connectivity index (χ3n) is 4.40. The molecule has 1 unspecified atom stereocenters. The summed E-state index contributed by atoms with van der Waals surface area (Å²) in [7, 11) is 5.40. The lowest BCUT2D eigenvalue weighted by Crippen LogP contribution is -2.39. The van der Waals surface area contributed by atoms with Gasteiger partial charge in [0.25, 0.3) is 0 Å². The third-order valence-corrected chi connectivity index (χ3v) is 4.40. The molecule has 0 aliphatic heterocycles. The third kappa shape index (κ3) is 5.70. The van der Waals surface area contributed by atoms with Gasteiger partial charge in [-0.2, -0.15) is 18.3 Å². The van der Waals surface area contributed by atoms with Gasteiger partial charge in [-0.25, -0.2) is 4.98 Å². The second kappa shape index (κ2) is 8.88. The second-order valence-electron chi connectivity index (χ2n) is 6.44. The number of aromatic nitrogens is 3. The number of nitrogens with zero attached hydrogens (tertiary/aromatic N) is 5. The molecule has 0 aliphatic rings. The van der Waals surface area contributed by atoms with Crippen LogP contribution in [0.4, 0.5) is 13.2 Å². The van der Waals surface area contributed by atoms with Crippen LogP contribution in [0.1, 0.15) is 36.2 Å². The average molecular weight is 382 g/mol. The Morgan fingerprint density at radius 2 is 2.11 bits per heavy atom. The molecule has 0 amide bonds. The summed E-state index contributed by atoms with van der Waals surface area (Å²) in [5.41, 5.74) is 0.0630. The molecule has 0 saturated carbocycles. The van der Waals surface area contributed by atoms with Gasteiger partial charge in [0.1, 0.15) is 12.2 Å². The van der Waals surface area contributed by atoms with Crippen LogP contribution in [0.3, 0.4) is 0 Å². The van der Waals surface area contributed by atoms with E-state index in [4.69, 9.17) is 0 Å². The summed E-state index contributed by atoms with van der Waals surface area (Å²) in [6.45, 7) is 3.05. The van der Waals surface area contributed by atoms with Crippen molar-refractivity contribution >= 4 is 5.96 Å². The Balaban J connectivity index is 1.89. The number of aryl methyl sites for hydroxylation is 1. The van der Waals surface area contributed by atoms with E-state index in [1.54, 1.807) is 17.8 Å². The summed E-state index contributed by atoms with van der Waals surface area (Å²) in [5, 5.41) is 7.28. The molecular formula is C18H25F3N6. The van der Waals surface area contributed by atoms with E-state index in [2.05, 4.69) is 20.4 Å². The van der Waals surface area contributed by atoms with Gasteiger partial charge >= 0.3 is 6.18 Å². The highest BCUT2D eigenvalue weighted by Gasteiger charge is 2.30. The van der Waals surface area contributed by atoms with E-state index < -0.39 is 11.7 Å². The van der Waals surface area contributed by atoms with Gasteiger partial charge in [0.05, 0.1) is 12.1 Å². The number of nitrogens with one attached hydrogen (secondary N) is 1. The van der Waals surface area contributed by atoms with Crippen LogP contribution >= 0.6 is 0 Å².